The van der Waals surface area contributed by atoms with Crippen LogP contribution >= 0.6 is 23.1 Å². The normalized spacial score (nSPS) is 21.4. The molecule has 9 N–H and O–H groups in total. The molecule has 1 aromatic heterocycles. The number of nitrogens with one attached hydrogen (secondary N) is 2. The van der Waals surface area contributed by atoms with Crippen LogP contribution in [-0.2, 0) is 28.8 Å². The van der Waals surface area contributed by atoms with E-state index in [2.05, 4.69) is 25.7 Å². The predicted molar refractivity (Wildman–Crippen MR) is 197 cm³/mol. The number of rotatable bonds is 16. The smallest absolute Gasteiger partial charge is 0.352 e. The van der Waals surface area contributed by atoms with Gasteiger partial charge < -0.3 is 46.7 Å². The van der Waals surface area contributed by atoms with Gasteiger partial charge in [0.1, 0.15) is 22.8 Å². The molecule has 22 heteroatoms. The Labute approximate surface area is 326 Å². The molecule has 0 saturated carbocycles. The number of aromatic nitrogens is 1. The number of halogens is 1. The third kappa shape index (κ3) is 8.97. The lowest BCUT2D eigenvalue weighted by atomic mass is 9.74. The number of aromatic hydroxyl groups is 2. The van der Waals surface area contributed by atoms with E-state index in [9.17, 15) is 53.6 Å². The molecule has 302 valence electrons. The highest BCUT2D eigenvalue weighted by Gasteiger charge is 2.56. The number of carboxylic acid groups (broad SMARTS) is 3. The number of amides is 3. The number of thioether (sulfide) groups is 1. The molecule has 3 amide bonds. The number of oxime groups is 1. The first kappa shape index (κ1) is 41.7. The summed E-state index contributed by atoms with van der Waals surface area (Å²) in [5.74, 6) is -9.67. The average Bonchev–Trinajstić information content (AvgIpc) is 3.57. The molecule has 0 aliphatic carbocycles. The van der Waals surface area contributed by atoms with Gasteiger partial charge in [-0.2, -0.15) is 0 Å². The fraction of sp³-hybridized carbons (Fsp3) is 0.471. The quantitative estimate of drug-likeness (QED) is 0.0513. The highest BCUT2D eigenvalue weighted by molar-refractivity contribution is 8.00. The van der Waals surface area contributed by atoms with Gasteiger partial charge in [0.25, 0.3) is 17.7 Å². The molecule has 4 heterocycles. The average molecular weight is 822 g/mol. The lowest BCUT2D eigenvalue weighted by Gasteiger charge is -2.51. The van der Waals surface area contributed by atoms with E-state index in [0.717, 1.165) is 41.2 Å². The first-order valence-corrected chi connectivity index (χ1v) is 19.1. The molecule has 4 atom stereocenters. The summed E-state index contributed by atoms with van der Waals surface area (Å²) >= 11 is 2.18. The molecule has 19 nitrogen and oxygen atoms in total. The number of nitrogen functional groups attached to an aromatic ring is 1. The molecular formula is C34H40FN7O12S2. The van der Waals surface area contributed by atoms with E-state index in [1.165, 1.54) is 17.1 Å². The zero-order valence-corrected chi connectivity index (χ0v) is 31.7. The van der Waals surface area contributed by atoms with Gasteiger partial charge in [-0.1, -0.05) is 18.5 Å². The summed E-state index contributed by atoms with van der Waals surface area (Å²) in [7, 11) is 0. The zero-order valence-electron chi connectivity index (χ0n) is 30.1. The molecule has 1 aromatic carbocycles. The number of carbonyl (C=O) groups excluding carboxylic acids is 3. The third-order valence-corrected chi connectivity index (χ3v) is 11.9. The molecule has 0 unspecified atom stereocenters. The first-order chi connectivity index (χ1) is 26.4. The van der Waals surface area contributed by atoms with Crippen LogP contribution in [0.1, 0.15) is 62.0 Å². The summed E-state index contributed by atoms with van der Waals surface area (Å²) in [5.41, 5.74) is 4.81. The molecule has 2 saturated heterocycles. The number of piperidine rings is 1. The zero-order chi connectivity index (χ0) is 41.1. The number of nitrogens with zero attached hydrogens (tertiary/aromatic N) is 4. The molecule has 3 aliphatic heterocycles. The topological polar surface area (TPSA) is 295 Å². The minimum absolute atomic E-state index is 0.0222. The maximum absolute atomic E-state index is 13.9. The lowest BCUT2D eigenvalue weighted by Crippen LogP contribution is -2.71. The Morgan fingerprint density at radius 2 is 1.86 bits per heavy atom. The highest BCUT2D eigenvalue weighted by atomic mass is 32.2. The fourth-order valence-electron chi connectivity index (χ4n) is 6.87. The molecular weight excluding hydrogens is 782 g/mol. The highest BCUT2D eigenvalue weighted by Crippen LogP contribution is 2.45. The van der Waals surface area contributed by atoms with E-state index in [0.29, 0.717) is 31.5 Å². The van der Waals surface area contributed by atoms with Crippen LogP contribution in [-0.4, -0.2) is 131 Å². The summed E-state index contributed by atoms with van der Waals surface area (Å²) in [5, 5.41) is 56.9. The SMILES string of the molecule is CCCC1(CNC(=O)c2cc(O)c(O)c(F)c2)CCN(CC2=C(C(=O)O)N3C(=O)[C@@H](NC(=O)/C(=N\O[C@@H](CC(=O)O)C(=O)O)c4csc(N)n4)[C@H]3S[C@H]2C)CC1. The first-order valence-electron chi connectivity index (χ1n) is 17.3. The Bertz CT molecular complexity index is 1960. The predicted octanol–water partition coefficient (Wildman–Crippen LogP) is 1.36. The monoisotopic (exact) mass is 821 g/mol. The Morgan fingerprint density at radius 1 is 1.16 bits per heavy atom. The number of benzene rings is 1. The van der Waals surface area contributed by atoms with Gasteiger partial charge in [0.2, 0.25) is 6.10 Å². The van der Waals surface area contributed by atoms with Crippen molar-refractivity contribution in [2.75, 3.05) is 31.9 Å². The van der Waals surface area contributed by atoms with Crippen LogP contribution in [0.3, 0.4) is 0 Å². The molecule has 56 heavy (non-hydrogen) atoms. The van der Waals surface area contributed by atoms with Gasteiger partial charge in [-0.3, -0.25) is 29.0 Å². The van der Waals surface area contributed by atoms with E-state index >= 15 is 0 Å². The van der Waals surface area contributed by atoms with Gasteiger partial charge in [0, 0.05) is 29.3 Å². The summed E-state index contributed by atoms with van der Waals surface area (Å²) in [4.78, 5) is 87.2. The van der Waals surface area contributed by atoms with Crippen LogP contribution in [0.4, 0.5) is 9.52 Å². The number of carbonyl (C=O) groups is 6. The second-order valence-electron chi connectivity index (χ2n) is 13.6. The Kier molecular flexibility index (Phi) is 12.7. The van der Waals surface area contributed by atoms with E-state index in [4.69, 9.17) is 15.7 Å². The second-order valence-corrected chi connectivity index (χ2v) is 15.9. The van der Waals surface area contributed by atoms with Gasteiger partial charge in [0.15, 0.2) is 28.2 Å². The van der Waals surface area contributed by atoms with Crippen LogP contribution in [0, 0.1) is 11.2 Å². The number of nitrogens with two attached hydrogens (primary N) is 1. The molecule has 0 bridgehead atoms. The molecule has 2 fully saturated rings. The number of hydrogen-bond acceptors (Lipinski definition) is 15. The Balaban J connectivity index is 1.27. The van der Waals surface area contributed by atoms with E-state index in [-0.39, 0.29) is 40.6 Å². The fourth-order valence-corrected chi connectivity index (χ4v) is 8.86. The van der Waals surface area contributed by atoms with Crippen molar-refractivity contribution in [1.29, 1.82) is 0 Å². The van der Waals surface area contributed by atoms with Crippen LogP contribution in [0.25, 0.3) is 0 Å². The van der Waals surface area contributed by atoms with Crippen LogP contribution < -0.4 is 16.4 Å². The number of thiazole rings is 1. The minimum Gasteiger partial charge on any atom is -0.504 e. The summed E-state index contributed by atoms with van der Waals surface area (Å²) in [6, 6.07) is 0.600. The van der Waals surface area contributed by atoms with Crippen molar-refractivity contribution in [3.63, 3.8) is 0 Å². The van der Waals surface area contributed by atoms with Gasteiger partial charge in [0.05, 0.1) is 6.42 Å². The summed E-state index contributed by atoms with van der Waals surface area (Å²) < 4.78 is 13.9. The number of aliphatic carboxylic acids is 3. The Morgan fingerprint density at radius 3 is 2.43 bits per heavy atom. The number of hydrogen-bond donors (Lipinski definition) is 8. The minimum atomic E-state index is -1.95. The number of fused-ring (bicyclic) bond motifs is 1. The van der Waals surface area contributed by atoms with E-state index < -0.39 is 87.8 Å². The largest absolute Gasteiger partial charge is 0.504 e. The van der Waals surface area contributed by atoms with Gasteiger partial charge in [-0.05, 0) is 62.4 Å². The maximum atomic E-state index is 13.9. The number of likely N-dealkylation sites (tertiary alicyclic amines) is 1. The molecule has 0 spiro atoms. The third-order valence-electron chi connectivity index (χ3n) is 9.82. The van der Waals surface area contributed by atoms with Crippen LogP contribution in [0.15, 0.2) is 33.9 Å². The van der Waals surface area contributed by atoms with Gasteiger partial charge in [-0.25, -0.2) is 19.0 Å². The van der Waals surface area contributed by atoms with Crippen molar-refractivity contribution >= 4 is 69.6 Å². The van der Waals surface area contributed by atoms with Crippen LogP contribution in [0.5, 0.6) is 11.5 Å². The number of phenolic OH excluding ortho intramolecular Hbond substituents is 2. The lowest BCUT2D eigenvalue weighted by molar-refractivity contribution is -0.156. The summed E-state index contributed by atoms with van der Waals surface area (Å²) in [6.07, 6.45) is -0.0796. The molecule has 0 radical (unpaired) electrons. The number of carboxylic acids is 3. The van der Waals surface area contributed by atoms with Crippen molar-refractivity contribution in [2.24, 2.45) is 10.6 Å². The van der Waals surface area contributed by atoms with Gasteiger partial charge in [-0.15, -0.1) is 23.1 Å². The maximum Gasteiger partial charge on any atom is 0.352 e. The Hall–Kier alpha value is -5.48. The molecule has 5 rings (SSSR count). The van der Waals surface area contributed by atoms with Crippen molar-refractivity contribution < 1.29 is 63.5 Å². The van der Waals surface area contributed by atoms with Crippen molar-refractivity contribution in [2.45, 2.75) is 68.7 Å². The molecule has 2 aromatic rings. The number of anilines is 1. The second kappa shape index (κ2) is 17.1. The van der Waals surface area contributed by atoms with Crippen molar-refractivity contribution in [3.8, 4) is 11.5 Å². The van der Waals surface area contributed by atoms with E-state index in [1.807, 2.05) is 6.92 Å². The standard InChI is InChI=1S/C34H40FN7O12S2/c1-3-4-34(14-37-27(47)16-9-18(35)26(46)20(43)10-16)5-7-41(8-6-34)12-17-15(2)56-30-24(29(49)42(30)25(17)32(52)53)39-28(48)23(19-13-55-33(36)38-19)40-54-21(31(50)51)11-22(44)45/h9-10,13,15,21,24,30,43,46H,3-8,11-12,14H2,1-2H3,(H2,36,38)(H,37,47)(H,39,48)(H,44,45)(H,50,51)(H,52,53)/b40-23-/t15-,21-,24+,30+/m0/s1. The molecule has 3 aliphatic rings. The van der Waals surface area contributed by atoms with Gasteiger partial charge >= 0.3 is 17.9 Å². The van der Waals surface area contributed by atoms with Crippen molar-refractivity contribution in [1.82, 2.24) is 25.4 Å². The number of β-lactam (4-membered cyclic amide) rings is 1. The van der Waals surface area contributed by atoms with E-state index in [1.54, 1.807) is 6.92 Å². The van der Waals surface area contributed by atoms with Crippen molar-refractivity contribution in [3.05, 3.63) is 45.9 Å². The summed E-state index contributed by atoms with van der Waals surface area (Å²) in [6.45, 7) is 5.37. The van der Waals surface area contributed by atoms with Crippen LogP contribution in [0.2, 0.25) is 0 Å². The number of phenols is 2.